The van der Waals surface area contributed by atoms with E-state index in [1.165, 1.54) is 19.3 Å². The Bertz CT molecular complexity index is 498. The van der Waals surface area contributed by atoms with Crippen molar-refractivity contribution in [2.75, 3.05) is 5.32 Å². The van der Waals surface area contributed by atoms with E-state index < -0.39 is 0 Å². The van der Waals surface area contributed by atoms with Gasteiger partial charge in [0, 0.05) is 12.6 Å². The predicted molar refractivity (Wildman–Crippen MR) is 83.6 cm³/mol. The molecule has 2 rings (SSSR count). The molecule has 1 aliphatic carbocycles. The van der Waals surface area contributed by atoms with Crippen molar-refractivity contribution >= 4 is 11.5 Å². The van der Waals surface area contributed by atoms with Gasteiger partial charge >= 0.3 is 5.69 Å². The topological polar surface area (TPSA) is 73.0 Å². The number of hydrogen-bond donors (Lipinski definition) is 1. The quantitative estimate of drug-likeness (QED) is 0.508. The molecule has 1 aromatic rings. The van der Waals surface area contributed by atoms with Crippen LogP contribution < -0.4 is 5.32 Å². The van der Waals surface area contributed by atoms with Crippen LogP contribution >= 0.6 is 0 Å². The summed E-state index contributed by atoms with van der Waals surface area (Å²) in [7, 11) is 0. The van der Waals surface area contributed by atoms with Gasteiger partial charge < -0.3 is 5.32 Å². The molecule has 6 nitrogen and oxygen atoms in total. The van der Waals surface area contributed by atoms with Crippen molar-refractivity contribution in [2.24, 2.45) is 5.92 Å². The van der Waals surface area contributed by atoms with E-state index in [4.69, 9.17) is 0 Å². The summed E-state index contributed by atoms with van der Waals surface area (Å²) in [4.78, 5) is 11.0. The summed E-state index contributed by atoms with van der Waals surface area (Å²) in [6.45, 7) is 6.76. The van der Waals surface area contributed by atoms with E-state index in [0.29, 0.717) is 24.1 Å². The van der Waals surface area contributed by atoms with Gasteiger partial charge in [0.15, 0.2) is 0 Å². The highest BCUT2D eigenvalue weighted by Crippen LogP contribution is 2.32. The Balaban J connectivity index is 2.22. The monoisotopic (exact) mass is 294 g/mol. The van der Waals surface area contributed by atoms with Gasteiger partial charge in [0.05, 0.1) is 4.92 Å². The van der Waals surface area contributed by atoms with Crippen molar-refractivity contribution < 1.29 is 4.92 Å². The Kier molecular flexibility index (Phi) is 5.20. The SMILES string of the molecule is CCCn1nc(C)c([N+](=O)[O-])c1NC1CCCC(C)CC1. The van der Waals surface area contributed by atoms with E-state index in [1.807, 2.05) is 0 Å². The van der Waals surface area contributed by atoms with E-state index in [2.05, 4.69) is 24.3 Å². The average Bonchev–Trinajstić information content (AvgIpc) is 2.57. The molecule has 6 heteroatoms. The lowest BCUT2D eigenvalue weighted by Crippen LogP contribution is -2.21. The first-order chi connectivity index (χ1) is 10.0. The van der Waals surface area contributed by atoms with Crippen molar-refractivity contribution in [2.45, 2.75) is 71.9 Å². The second-order valence-corrected chi connectivity index (χ2v) is 6.22. The minimum Gasteiger partial charge on any atom is -0.362 e. The molecule has 1 heterocycles. The molecule has 1 saturated carbocycles. The molecule has 1 fully saturated rings. The van der Waals surface area contributed by atoms with Crippen molar-refractivity contribution in [3.8, 4) is 0 Å². The van der Waals surface area contributed by atoms with Crippen LogP contribution in [0.5, 0.6) is 0 Å². The summed E-state index contributed by atoms with van der Waals surface area (Å²) in [6, 6.07) is 0.320. The number of nitro groups is 1. The number of aryl methyl sites for hydroxylation is 2. The molecule has 2 unspecified atom stereocenters. The zero-order valence-electron chi connectivity index (χ0n) is 13.3. The molecule has 0 aromatic carbocycles. The maximum Gasteiger partial charge on any atom is 0.333 e. The highest BCUT2D eigenvalue weighted by atomic mass is 16.6. The minimum atomic E-state index is -0.309. The molecule has 1 aliphatic rings. The van der Waals surface area contributed by atoms with Gasteiger partial charge in [-0.15, -0.1) is 0 Å². The molecule has 0 aliphatic heterocycles. The number of nitrogens with one attached hydrogen (secondary N) is 1. The van der Waals surface area contributed by atoms with Crippen molar-refractivity contribution in [1.82, 2.24) is 9.78 Å². The molecule has 0 spiro atoms. The third-order valence-corrected chi connectivity index (χ3v) is 4.31. The third kappa shape index (κ3) is 3.74. The van der Waals surface area contributed by atoms with E-state index >= 15 is 0 Å². The summed E-state index contributed by atoms with van der Waals surface area (Å²) >= 11 is 0. The van der Waals surface area contributed by atoms with Crippen molar-refractivity contribution in [3.05, 3.63) is 15.8 Å². The lowest BCUT2D eigenvalue weighted by molar-refractivity contribution is -0.384. The van der Waals surface area contributed by atoms with Gasteiger partial charge in [-0.05, 0) is 38.5 Å². The lowest BCUT2D eigenvalue weighted by atomic mass is 10.0. The normalized spacial score (nSPS) is 22.8. The van der Waals surface area contributed by atoms with Gasteiger partial charge in [0.25, 0.3) is 0 Å². The van der Waals surface area contributed by atoms with Gasteiger partial charge in [0.1, 0.15) is 5.69 Å². The zero-order valence-corrected chi connectivity index (χ0v) is 13.3. The molecule has 1 aromatic heterocycles. The summed E-state index contributed by atoms with van der Waals surface area (Å²) in [5.74, 6) is 1.35. The first-order valence-corrected chi connectivity index (χ1v) is 8.01. The van der Waals surface area contributed by atoms with Crippen LogP contribution in [0.25, 0.3) is 0 Å². The fourth-order valence-corrected chi connectivity index (χ4v) is 3.13. The van der Waals surface area contributed by atoms with Crippen molar-refractivity contribution in [3.63, 3.8) is 0 Å². The first-order valence-electron chi connectivity index (χ1n) is 8.01. The van der Waals surface area contributed by atoms with E-state index in [1.54, 1.807) is 11.6 Å². The highest BCUT2D eigenvalue weighted by Gasteiger charge is 2.27. The van der Waals surface area contributed by atoms with Crippen LogP contribution in [0.4, 0.5) is 11.5 Å². The zero-order chi connectivity index (χ0) is 15.4. The second-order valence-electron chi connectivity index (χ2n) is 6.22. The average molecular weight is 294 g/mol. The second kappa shape index (κ2) is 6.91. The fourth-order valence-electron chi connectivity index (χ4n) is 3.13. The smallest absolute Gasteiger partial charge is 0.333 e. The van der Waals surface area contributed by atoms with E-state index in [0.717, 1.165) is 25.2 Å². The van der Waals surface area contributed by atoms with Crippen LogP contribution in [-0.4, -0.2) is 20.7 Å². The minimum absolute atomic E-state index is 0.140. The molecule has 0 radical (unpaired) electrons. The van der Waals surface area contributed by atoms with Gasteiger partial charge in [-0.2, -0.15) is 5.10 Å². The van der Waals surface area contributed by atoms with Crippen LogP contribution in [0.1, 0.15) is 58.1 Å². The summed E-state index contributed by atoms with van der Waals surface area (Å²) in [5.41, 5.74) is 0.638. The van der Waals surface area contributed by atoms with Crippen LogP contribution in [-0.2, 0) is 6.54 Å². The van der Waals surface area contributed by atoms with Crippen molar-refractivity contribution in [1.29, 1.82) is 0 Å². The molecule has 118 valence electrons. The molecule has 0 saturated heterocycles. The largest absolute Gasteiger partial charge is 0.362 e. The fraction of sp³-hybridized carbons (Fsp3) is 0.800. The van der Waals surface area contributed by atoms with Gasteiger partial charge in [-0.3, -0.25) is 10.1 Å². The molecule has 1 N–H and O–H groups in total. The van der Waals surface area contributed by atoms with Crippen LogP contribution in [0, 0.1) is 23.0 Å². The van der Waals surface area contributed by atoms with Crippen LogP contribution in [0.15, 0.2) is 0 Å². The molecule has 0 bridgehead atoms. The standard InChI is InChI=1S/C15H26N4O2/c1-4-10-18-15(14(19(20)21)12(3)17-18)16-13-7-5-6-11(2)8-9-13/h11,13,16H,4-10H2,1-3H3. The van der Waals surface area contributed by atoms with Gasteiger partial charge in [-0.1, -0.05) is 26.7 Å². The third-order valence-electron chi connectivity index (χ3n) is 4.31. The maximum atomic E-state index is 11.3. The summed E-state index contributed by atoms with van der Waals surface area (Å²) in [6.07, 6.45) is 6.70. The molecule has 0 amide bonds. The first kappa shape index (κ1) is 15.8. The highest BCUT2D eigenvalue weighted by molar-refractivity contribution is 5.60. The molecular formula is C15H26N4O2. The number of nitrogens with zero attached hydrogens (tertiary/aromatic N) is 3. The number of hydrogen-bond acceptors (Lipinski definition) is 4. The van der Waals surface area contributed by atoms with E-state index in [-0.39, 0.29) is 10.6 Å². The molecule has 21 heavy (non-hydrogen) atoms. The summed E-state index contributed by atoms with van der Waals surface area (Å²) < 4.78 is 1.77. The Hall–Kier alpha value is -1.59. The lowest BCUT2D eigenvalue weighted by Gasteiger charge is -2.18. The Morgan fingerprint density at radius 3 is 2.81 bits per heavy atom. The van der Waals surface area contributed by atoms with Gasteiger partial charge in [0.2, 0.25) is 5.82 Å². The number of rotatable bonds is 5. The number of aromatic nitrogens is 2. The number of anilines is 1. The van der Waals surface area contributed by atoms with Gasteiger partial charge in [-0.25, -0.2) is 4.68 Å². The molecular weight excluding hydrogens is 268 g/mol. The maximum absolute atomic E-state index is 11.3. The predicted octanol–water partition coefficient (Wildman–Crippen LogP) is 3.89. The Labute approximate surface area is 126 Å². The van der Waals surface area contributed by atoms with E-state index in [9.17, 15) is 10.1 Å². The van der Waals surface area contributed by atoms with Crippen LogP contribution in [0.3, 0.4) is 0 Å². The summed E-state index contributed by atoms with van der Waals surface area (Å²) in [5, 5.41) is 19.1. The Morgan fingerprint density at radius 1 is 1.38 bits per heavy atom. The van der Waals surface area contributed by atoms with Crippen LogP contribution in [0.2, 0.25) is 0 Å². The molecule has 2 atom stereocenters. The Morgan fingerprint density at radius 2 is 2.14 bits per heavy atom.